The van der Waals surface area contributed by atoms with Gasteiger partial charge in [0, 0.05) is 31.3 Å². The summed E-state index contributed by atoms with van der Waals surface area (Å²) in [6, 6.07) is 4.01. The van der Waals surface area contributed by atoms with Gasteiger partial charge in [0.1, 0.15) is 10.7 Å². The lowest BCUT2D eigenvalue weighted by Crippen LogP contribution is -2.39. The summed E-state index contributed by atoms with van der Waals surface area (Å²) in [4.78, 5) is 24.6. The van der Waals surface area contributed by atoms with Crippen molar-refractivity contribution in [2.45, 2.75) is 25.7 Å². The Morgan fingerprint density at radius 2 is 2.29 bits per heavy atom. The molecule has 1 aliphatic heterocycles. The molecule has 4 heterocycles. The molecule has 0 bridgehead atoms. The number of amides is 1. The topological polar surface area (TPSA) is 72.1 Å². The number of rotatable bonds is 3. The van der Waals surface area contributed by atoms with Crippen molar-refractivity contribution in [1.82, 2.24) is 20.0 Å². The van der Waals surface area contributed by atoms with Crippen LogP contribution in [0.3, 0.4) is 0 Å². The van der Waals surface area contributed by atoms with Gasteiger partial charge in [0.05, 0.1) is 4.88 Å². The van der Waals surface area contributed by atoms with Gasteiger partial charge in [0.15, 0.2) is 5.82 Å². The molecule has 24 heavy (non-hydrogen) atoms. The van der Waals surface area contributed by atoms with E-state index >= 15 is 0 Å². The highest BCUT2D eigenvalue weighted by atomic mass is 32.1. The molecule has 0 spiro atoms. The number of aromatic nitrogens is 3. The Labute approximate surface area is 147 Å². The van der Waals surface area contributed by atoms with Crippen LogP contribution in [0.25, 0.3) is 9.88 Å². The van der Waals surface area contributed by atoms with E-state index in [1.54, 1.807) is 18.3 Å². The van der Waals surface area contributed by atoms with Crippen LogP contribution in [-0.2, 0) is 0 Å². The van der Waals surface area contributed by atoms with Crippen molar-refractivity contribution in [1.29, 1.82) is 0 Å². The van der Waals surface area contributed by atoms with Crippen LogP contribution < -0.4 is 0 Å². The molecular formula is C16H16N4O2S2. The summed E-state index contributed by atoms with van der Waals surface area (Å²) in [5.41, 5.74) is 0.522. The molecule has 0 N–H and O–H groups in total. The quantitative estimate of drug-likeness (QED) is 0.714. The summed E-state index contributed by atoms with van der Waals surface area (Å²) in [7, 11) is 0. The smallest absolute Gasteiger partial charge is 0.273 e. The number of aryl methyl sites for hydroxylation is 1. The standard InChI is InChI=1S/C16H16N4O2S2/c1-10-17-14(19-22-10)11-4-2-6-20(8-11)16(21)12-9-24-15(18-12)13-5-3-7-23-13/h3,5,7,9,11H,2,4,6,8H2,1H3/t11-/m0/s1. The van der Waals surface area contributed by atoms with E-state index < -0.39 is 0 Å². The lowest BCUT2D eigenvalue weighted by Gasteiger charge is -2.30. The molecule has 0 unspecified atom stereocenters. The first kappa shape index (κ1) is 15.5. The summed E-state index contributed by atoms with van der Waals surface area (Å²) in [6.45, 7) is 3.14. The summed E-state index contributed by atoms with van der Waals surface area (Å²) >= 11 is 3.14. The Bertz CT molecular complexity index is 840. The highest BCUT2D eigenvalue weighted by molar-refractivity contribution is 7.20. The fraction of sp³-hybridized carbons (Fsp3) is 0.375. The summed E-state index contributed by atoms with van der Waals surface area (Å²) in [5, 5.41) is 8.77. The monoisotopic (exact) mass is 360 g/mol. The van der Waals surface area contributed by atoms with Crippen LogP contribution in [0.1, 0.15) is 41.0 Å². The van der Waals surface area contributed by atoms with Gasteiger partial charge in [-0.2, -0.15) is 4.98 Å². The molecule has 8 heteroatoms. The largest absolute Gasteiger partial charge is 0.340 e. The third-order valence-corrected chi connectivity index (χ3v) is 5.95. The first-order valence-corrected chi connectivity index (χ1v) is 9.55. The zero-order chi connectivity index (χ0) is 16.5. The van der Waals surface area contributed by atoms with Crippen LogP contribution in [0.5, 0.6) is 0 Å². The molecule has 6 nitrogen and oxygen atoms in total. The maximum atomic E-state index is 12.8. The van der Waals surface area contributed by atoms with Crippen molar-refractivity contribution in [2.24, 2.45) is 0 Å². The number of likely N-dealkylation sites (tertiary alicyclic amines) is 1. The van der Waals surface area contributed by atoms with Crippen molar-refractivity contribution in [2.75, 3.05) is 13.1 Å². The first-order chi connectivity index (χ1) is 11.7. The summed E-state index contributed by atoms with van der Waals surface area (Å²) in [5.74, 6) is 1.38. The molecule has 3 aromatic rings. The molecule has 0 aromatic carbocycles. The minimum atomic E-state index is -0.0148. The number of nitrogens with zero attached hydrogens (tertiary/aromatic N) is 4. The van der Waals surface area contributed by atoms with E-state index in [4.69, 9.17) is 4.52 Å². The maximum Gasteiger partial charge on any atom is 0.273 e. The molecule has 3 aromatic heterocycles. The SMILES string of the molecule is Cc1nc([C@H]2CCCN(C(=O)c3csc(-c4cccs4)n3)C2)no1. The fourth-order valence-electron chi connectivity index (χ4n) is 2.90. The van der Waals surface area contributed by atoms with Gasteiger partial charge >= 0.3 is 0 Å². The second kappa shape index (κ2) is 6.45. The molecule has 0 saturated carbocycles. The van der Waals surface area contributed by atoms with Gasteiger partial charge in [0.25, 0.3) is 5.91 Å². The Morgan fingerprint density at radius 3 is 3.04 bits per heavy atom. The Morgan fingerprint density at radius 1 is 1.38 bits per heavy atom. The lowest BCUT2D eigenvalue weighted by atomic mass is 9.97. The Hall–Kier alpha value is -2.06. The normalized spacial score (nSPS) is 18.0. The average molecular weight is 360 g/mol. The van der Waals surface area contributed by atoms with Gasteiger partial charge in [-0.05, 0) is 24.3 Å². The van der Waals surface area contributed by atoms with E-state index in [0.29, 0.717) is 24.0 Å². The molecular weight excluding hydrogens is 344 g/mol. The van der Waals surface area contributed by atoms with Gasteiger partial charge < -0.3 is 9.42 Å². The van der Waals surface area contributed by atoms with Crippen LogP contribution in [0.15, 0.2) is 27.4 Å². The van der Waals surface area contributed by atoms with E-state index in [1.807, 2.05) is 27.8 Å². The Balaban J connectivity index is 1.50. The predicted molar refractivity (Wildman–Crippen MR) is 92.3 cm³/mol. The Kier molecular flexibility index (Phi) is 4.15. The van der Waals surface area contributed by atoms with E-state index in [-0.39, 0.29) is 11.8 Å². The maximum absolute atomic E-state index is 12.8. The first-order valence-electron chi connectivity index (χ1n) is 7.79. The number of thiophene rings is 1. The van der Waals surface area contributed by atoms with Crippen LogP contribution in [0, 0.1) is 6.92 Å². The minimum absolute atomic E-state index is 0.0148. The van der Waals surface area contributed by atoms with Crippen LogP contribution in [0.4, 0.5) is 0 Å². The number of carbonyl (C=O) groups is 1. The molecule has 0 radical (unpaired) electrons. The van der Waals surface area contributed by atoms with Crippen molar-refractivity contribution in [3.8, 4) is 9.88 Å². The third-order valence-electron chi connectivity index (χ3n) is 4.07. The van der Waals surface area contributed by atoms with Crippen LogP contribution >= 0.6 is 22.7 Å². The molecule has 124 valence electrons. The van der Waals surface area contributed by atoms with Crippen molar-refractivity contribution >= 4 is 28.6 Å². The van der Waals surface area contributed by atoms with Crippen molar-refractivity contribution < 1.29 is 9.32 Å². The zero-order valence-electron chi connectivity index (χ0n) is 13.1. The molecule has 4 rings (SSSR count). The molecule has 1 amide bonds. The predicted octanol–water partition coefficient (Wildman–Crippen LogP) is 3.58. The van der Waals surface area contributed by atoms with Crippen LogP contribution in [-0.4, -0.2) is 39.0 Å². The highest BCUT2D eigenvalue weighted by Crippen LogP contribution is 2.30. The number of hydrogen-bond acceptors (Lipinski definition) is 7. The van der Waals surface area contributed by atoms with E-state index in [9.17, 15) is 4.79 Å². The summed E-state index contributed by atoms with van der Waals surface area (Å²) in [6.07, 6.45) is 1.91. The highest BCUT2D eigenvalue weighted by Gasteiger charge is 2.29. The summed E-state index contributed by atoms with van der Waals surface area (Å²) < 4.78 is 5.07. The molecule has 0 aliphatic carbocycles. The third kappa shape index (κ3) is 2.99. The van der Waals surface area contributed by atoms with Crippen molar-refractivity contribution in [3.05, 3.63) is 40.3 Å². The second-order valence-electron chi connectivity index (χ2n) is 5.78. The van der Waals surface area contributed by atoms with Crippen LogP contribution in [0.2, 0.25) is 0 Å². The average Bonchev–Trinajstić information content (AvgIpc) is 3.34. The van der Waals surface area contributed by atoms with Gasteiger partial charge in [-0.1, -0.05) is 11.2 Å². The number of piperidine rings is 1. The zero-order valence-corrected chi connectivity index (χ0v) is 14.8. The number of thiazole rings is 1. The fourth-order valence-corrected chi connectivity index (χ4v) is 4.51. The minimum Gasteiger partial charge on any atom is -0.340 e. The van der Waals surface area contributed by atoms with E-state index in [0.717, 1.165) is 29.3 Å². The van der Waals surface area contributed by atoms with Gasteiger partial charge in [0.2, 0.25) is 5.89 Å². The molecule has 1 aliphatic rings. The number of carbonyl (C=O) groups excluding carboxylic acids is 1. The molecule has 1 atom stereocenters. The van der Waals surface area contributed by atoms with Gasteiger partial charge in [-0.25, -0.2) is 4.98 Å². The van der Waals surface area contributed by atoms with Crippen molar-refractivity contribution in [3.63, 3.8) is 0 Å². The van der Waals surface area contributed by atoms with Gasteiger partial charge in [-0.15, -0.1) is 22.7 Å². The van der Waals surface area contributed by atoms with E-state index in [2.05, 4.69) is 15.1 Å². The number of hydrogen-bond donors (Lipinski definition) is 0. The van der Waals surface area contributed by atoms with Gasteiger partial charge in [-0.3, -0.25) is 4.79 Å². The second-order valence-corrected chi connectivity index (χ2v) is 7.58. The molecule has 1 fully saturated rings. The van der Waals surface area contributed by atoms with E-state index in [1.165, 1.54) is 11.3 Å². The lowest BCUT2D eigenvalue weighted by molar-refractivity contribution is 0.0698. The molecule has 1 saturated heterocycles.